The van der Waals surface area contributed by atoms with Gasteiger partial charge in [-0.05, 0) is 62.8 Å². The van der Waals surface area contributed by atoms with Crippen LogP contribution in [0.1, 0.15) is 25.3 Å². The normalized spacial score (nSPS) is 15.3. The first-order valence-corrected chi connectivity index (χ1v) is 8.99. The van der Waals surface area contributed by atoms with E-state index in [-0.39, 0.29) is 0 Å². The molecule has 2 atom stereocenters. The van der Waals surface area contributed by atoms with E-state index < -0.39 is 0 Å². The predicted octanol–water partition coefficient (Wildman–Crippen LogP) is 6.14. The van der Waals surface area contributed by atoms with Crippen molar-refractivity contribution in [2.45, 2.75) is 35.8 Å². The van der Waals surface area contributed by atoms with Crippen LogP contribution in [-0.4, -0.2) is 9.65 Å². The molecule has 0 aliphatic heterocycles. The van der Waals surface area contributed by atoms with E-state index in [2.05, 4.69) is 76.7 Å². The van der Waals surface area contributed by atoms with Crippen LogP contribution >= 0.6 is 75.1 Å². The van der Waals surface area contributed by atoms with E-state index in [9.17, 15) is 0 Å². The number of hydrogen-bond donors (Lipinski definition) is 0. The van der Waals surface area contributed by atoms with Crippen molar-refractivity contribution in [2.75, 3.05) is 0 Å². The maximum atomic E-state index is 3.72. The minimum absolute atomic E-state index is 0.549. The summed E-state index contributed by atoms with van der Waals surface area (Å²) in [5, 5.41) is 0. The number of rotatable bonds is 5. The highest BCUT2D eigenvalue weighted by molar-refractivity contribution is 9.12. The van der Waals surface area contributed by atoms with Gasteiger partial charge in [0.05, 0.1) is 7.57 Å². The van der Waals surface area contributed by atoms with Crippen molar-refractivity contribution < 1.29 is 0 Å². The predicted molar refractivity (Wildman–Crippen MR) is 83.8 cm³/mol. The highest BCUT2D eigenvalue weighted by atomic mass is 79.9. The lowest BCUT2D eigenvalue weighted by Gasteiger charge is -2.14. The Morgan fingerprint density at radius 2 is 1.93 bits per heavy atom. The molecule has 0 nitrogen and oxygen atoms in total. The van der Waals surface area contributed by atoms with Gasteiger partial charge in [-0.3, -0.25) is 0 Å². The SMILES string of the molecule is CCC(Br)C(Br)CCc1cc(Br)sc1Br. The lowest BCUT2D eigenvalue weighted by molar-refractivity contribution is 0.716. The fourth-order valence-electron chi connectivity index (χ4n) is 1.27. The molecule has 0 fully saturated rings. The topological polar surface area (TPSA) is 0 Å². The molecule has 0 spiro atoms. The Morgan fingerprint density at radius 1 is 1.27 bits per heavy atom. The fraction of sp³-hybridized carbons (Fsp3) is 0.600. The van der Waals surface area contributed by atoms with Crippen molar-refractivity contribution in [3.8, 4) is 0 Å². The lowest BCUT2D eigenvalue weighted by atomic mass is 10.1. The first kappa shape index (κ1) is 14.7. The van der Waals surface area contributed by atoms with Crippen molar-refractivity contribution in [3.63, 3.8) is 0 Å². The molecule has 0 aromatic carbocycles. The van der Waals surface area contributed by atoms with Crippen molar-refractivity contribution >= 4 is 75.1 Å². The zero-order valence-electron chi connectivity index (χ0n) is 8.27. The number of halogens is 4. The Kier molecular flexibility index (Phi) is 6.99. The second kappa shape index (κ2) is 7.14. The van der Waals surface area contributed by atoms with Crippen LogP contribution in [-0.2, 0) is 6.42 Å². The molecule has 0 aliphatic carbocycles. The smallest absolute Gasteiger partial charge is 0.0742 e. The van der Waals surface area contributed by atoms with Crippen LogP contribution in [0.5, 0.6) is 0 Å². The second-order valence-electron chi connectivity index (χ2n) is 3.33. The lowest BCUT2D eigenvalue weighted by Crippen LogP contribution is -2.13. The summed E-state index contributed by atoms with van der Waals surface area (Å²) in [5.74, 6) is 0. The van der Waals surface area contributed by atoms with Gasteiger partial charge in [-0.1, -0.05) is 38.8 Å². The number of aryl methyl sites for hydroxylation is 1. The summed E-state index contributed by atoms with van der Waals surface area (Å²) in [6.07, 6.45) is 3.43. The zero-order chi connectivity index (χ0) is 11.4. The third-order valence-corrected chi connectivity index (χ3v) is 7.75. The van der Waals surface area contributed by atoms with Crippen LogP contribution in [0.2, 0.25) is 0 Å². The Hall–Kier alpha value is 1.62. The standard InChI is InChI=1S/C10H12Br4S/c1-2-7(11)8(12)4-3-6-5-9(13)15-10(6)14/h5,7-8H,2-4H2,1H3. The minimum atomic E-state index is 0.549. The van der Waals surface area contributed by atoms with Gasteiger partial charge < -0.3 is 0 Å². The first-order valence-electron chi connectivity index (χ1n) is 4.76. The quantitative estimate of drug-likeness (QED) is 0.441. The van der Waals surface area contributed by atoms with Gasteiger partial charge in [0.1, 0.15) is 0 Å². The first-order chi connectivity index (χ1) is 7.04. The van der Waals surface area contributed by atoms with E-state index in [4.69, 9.17) is 0 Å². The summed E-state index contributed by atoms with van der Waals surface area (Å²) in [4.78, 5) is 1.12. The van der Waals surface area contributed by atoms with Crippen LogP contribution in [0.15, 0.2) is 13.6 Å². The fourth-order valence-corrected chi connectivity index (χ4v) is 5.06. The Bertz CT molecular complexity index is 310. The van der Waals surface area contributed by atoms with Gasteiger partial charge in [-0.15, -0.1) is 11.3 Å². The molecule has 0 saturated heterocycles. The Morgan fingerprint density at radius 3 is 2.40 bits per heavy atom. The van der Waals surface area contributed by atoms with Crippen molar-refractivity contribution in [2.24, 2.45) is 0 Å². The van der Waals surface area contributed by atoms with E-state index >= 15 is 0 Å². The summed E-state index contributed by atoms with van der Waals surface area (Å²) >= 11 is 16.2. The highest BCUT2D eigenvalue weighted by Crippen LogP contribution is 2.33. The molecular weight excluding hydrogens is 472 g/mol. The molecule has 1 aromatic rings. The van der Waals surface area contributed by atoms with E-state index in [0.717, 1.165) is 19.3 Å². The van der Waals surface area contributed by atoms with Crippen LogP contribution in [0.3, 0.4) is 0 Å². The molecule has 0 amide bonds. The Balaban J connectivity index is 2.46. The molecule has 86 valence electrons. The van der Waals surface area contributed by atoms with Crippen LogP contribution in [0.25, 0.3) is 0 Å². The third kappa shape index (κ3) is 4.78. The molecule has 0 radical (unpaired) electrons. The summed E-state index contributed by atoms with van der Waals surface area (Å²) in [6.45, 7) is 2.20. The molecule has 15 heavy (non-hydrogen) atoms. The number of alkyl halides is 2. The van der Waals surface area contributed by atoms with Gasteiger partial charge in [0.15, 0.2) is 0 Å². The van der Waals surface area contributed by atoms with Crippen LogP contribution in [0, 0.1) is 0 Å². The molecule has 0 saturated carbocycles. The van der Waals surface area contributed by atoms with Crippen LogP contribution in [0.4, 0.5) is 0 Å². The van der Waals surface area contributed by atoms with E-state index in [0.29, 0.717) is 9.65 Å². The summed E-state index contributed by atoms with van der Waals surface area (Å²) in [6, 6.07) is 2.20. The average Bonchev–Trinajstić information content (AvgIpc) is 2.52. The van der Waals surface area contributed by atoms with Crippen molar-refractivity contribution in [1.29, 1.82) is 0 Å². The van der Waals surface area contributed by atoms with E-state index in [1.54, 1.807) is 11.3 Å². The molecule has 1 aromatic heterocycles. The number of thiophene rings is 1. The van der Waals surface area contributed by atoms with E-state index in [1.807, 2.05) is 0 Å². The maximum Gasteiger partial charge on any atom is 0.0742 e. The molecule has 1 rings (SSSR count). The summed E-state index contributed by atoms with van der Waals surface area (Å²) in [5.41, 5.74) is 1.40. The molecule has 5 heteroatoms. The maximum absolute atomic E-state index is 3.72. The molecule has 0 aliphatic rings. The zero-order valence-corrected chi connectivity index (χ0v) is 15.4. The highest BCUT2D eigenvalue weighted by Gasteiger charge is 2.14. The Labute approximate surface area is 129 Å². The van der Waals surface area contributed by atoms with Gasteiger partial charge in [-0.25, -0.2) is 0 Å². The molecular formula is C10H12Br4S. The van der Waals surface area contributed by atoms with E-state index in [1.165, 1.54) is 13.1 Å². The number of hydrogen-bond acceptors (Lipinski definition) is 1. The van der Waals surface area contributed by atoms with Crippen LogP contribution < -0.4 is 0 Å². The van der Waals surface area contributed by atoms with Gasteiger partial charge in [0, 0.05) is 9.65 Å². The van der Waals surface area contributed by atoms with Gasteiger partial charge in [-0.2, -0.15) is 0 Å². The molecule has 0 N–H and O–H groups in total. The van der Waals surface area contributed by atoms with Gasteiger partial charge in [0.25, 0.3) is 0 Å². The largest absolute Gasteiger partial charge is 0.121 e. The summed E-state index contributed by atoms with van der Waals surface area (Å²) < 4.78 is 2.44. The third-order valence-electron chi connectivity index (χ3n) is 2.20. The van der Waals surface area contributed by atoms with Gasteiger partial charge >= 0.3 is 0 Å². The molecule has 1 heterocycles. The van der Waals surface area contributed by atoms with Gasteiger partial charge in [0.2, 0.25) is 0 Å². The second-order valence-corrected chi connectivity index (χ2v) is 9.43. The minimum Gasteiger partial charge on any atom is -0.121 e. The molecule has 0 bridgehead atoms. The summed E-state index contributed by atoms with van der Waals surface area (Å²) in [7, 11) is 0. The monoisotopic (exact) mass is 480 g/mol. The van der Waals surface area contributed by atoms with Crippen molar-refractivity contribution in [3.05, 3.63) is 19.2 Å². The van der Waals surface area contributed by atoms with Crippen molar-refractivity contribution in [1.82, 2.24) is 0 Å². The average molecular weight is 484 g/mol. The molecule has 2 unspecified atom stereocenters.